The molecule has 5 heteroatoms. The molecular weight excluding hydrogens is 317 g/mol. The van der Waals surface area contributed by atoms with Crippen molar-refractivity contribution < 1.29 is 4.74 Å². The first-order valence-corrected chi connectivity index (χ1v) is 6.53. The number of halogens is 1. The molecule has 1 aromatic heterocycles. The van der Waals surface area contributed by atoms with Crippen LogP contribution in [-0.4, -0.2) is 36.3 Å². The van der Waals surface area contributed by atoms with Crippen LogP contribution in [0.15, 0.2) is 12.5 Å². The summed E-state index contributed by atoms with van der Waals surface area (Å²) in [6.07, 6.45) is 4.91. The predicted octanol–water partition coefficient (Wildman–Crippen LogP) is 1.94. The number of piperidine rings is 1. The number of hydrogen-bond acceptors (Lipinski definition) is 4. The maximum atomic E-state index is 5.51. The number of hydrogen-bond donors (Lipinski definition) is 0. The van der Waals surface area contributed by atoms with E-state index >= 15 is 0 Å². The second-order valence-corrected chi connectivity index (χ2v) is 5.34. The summed E-state index contributed by atoms with van der Waals surface area (Å²) in [7, 11) is 1.79. The third kappa shape index (κ3) is 2.45. The highest BCUT2D eigenvalue weighted by molar-refractivity contribution is 14.1. The lowest BCUT2D eigenvalue weighted by molar-refractivity contribution is 0.0496. The van der Waals surface area contributed by atoms with Crippen molar-refractivity contribution >= 4 is 28.4 Å². The molecule has 88 valence electrons. The minimum absolute atomic E-state index is 0.305. The summed E-state index contributed by atoms with van der Waals surface area (Å²) in [6.45, 7) is 4.22. The molecule has 0 amide bonds. The second kappa shape index (κ2) is 5.27. The van der Waals surface area contributed by atoms with E-state index in [-0.39, 0.29) is 0 Å². The van der Waals surface area contributed by atoms with E-state index < -0.39 is 0 Å². The Labute approximate surface area is 110 Å². The van der Waals surface area contributed by atoms with E-state index in [9.17, 15) is 0 Å². The Morgan fingerprint density at radius 1 is 1.56 bits per heavy atom. The summed E-state index contributed by atoms with van der Waals surface area (Å²) in [6, 6.07) is 0. The van der Waals surface area contributed by atoms with Gasteiger partial charge in [-0.25, -0.2) is 9.97 Å². The van der Waals surface area contributed by atoms with Crippen molar-refractivity contribution in [3.63, 3.8) is 0 Å². The van der Waals surface area contributed by atoms with Crippen LogP contribution in [0.5, 0.6) is 0 Å². The van der Waals surface area contributed by atoms with Gasteiger partial charge in [0.15, 0.2) is 0 Å². The maximum absolute atomic E-state index is 5.51. The predicted molar refractivity (Wildman–Crippen MR) is 71.5 cm³/mol. The van der Waals surface area contributed by atoms with E-state index in [0.29, 0.717) is 12.0 Å². The average molecular weight is 333 g/mol. The third-order valence-corrected chi connectivity index (χ3v) is 3.90. The average Bonchev–Trinajstić information content (AvgIpc) is 2.31. The molecule has 0 aromatic carbocycles. The largest absolute Gasteiger partial charge is 0.379 e. The van der Waals surface area contributed by atoms with E-state index in [1.54, 1.807) is 13.4 Å². The van der Waals surface area contributed by atoms with Crippen molar-refractivity contribution in [3.8, 4) is 0 Å². The van der Waals surface area contributed by atoms with Crippen LogP contribution in [0.3, 0.4) is 0 Å². The molecule has 0 bridgehead atoms. The minimum Gasteiger partial charge on any atom is -0.379 e. The van der Waals surface area contributed by atoms with Crippen LogP contribution >= 0.6 is 22.6 Å². The van der Waals surface area contributed by atoms with Gasteiger partial charge in [-0.3, -0.25) is 0 Å². The van der Waals surface area contributed by atoms with Gasteiger partial charge in [0, 0.05) is 26.4 Å². The molecule has 2 unspecified atom stereocenters. The van der Waals surface area contributed by atoms with Crippen molar-refractivity contribution in [2.45, 2.75) is 19.4 Å². The Bertz CT molecular complexity index is 361. The third-order valence-electron chi connectivity index (χ3n) is 3.14. The molecule has 0 spiro atoms. The fourth-order valence-electron chi connectivity index (χ4n) is 2.07. The summed E-state index contributed by atoms with van der Waals surface area (Å²) < 4.78 is 6.61. The number of aromatic nitrogens is 2. The van der Waals surface area contributed by atoms with Crippen LogP contribution in [0.25, 0.3) is 0 Å². The van der Waals surface area contributed by atoms with E-state index in [2.05, 4.69) is 44.4 Å². The Morgan fingerprint density at radius 2 is 2.38 bits per heavy atom. The number of methoxy groups -OCH3 is 1. The Balaban J connectivity index is 2.14. The summed E-state index contributed by atoms with van der Waals surface area (Å²) in [5.41, 5.74) is 0. The first-order chi connectivity index (χ1) is 7.72. The van der Waals surface area contributed by atoms with Gasteiger partial charge in [-0.15, -0.1) is 0 Å². The molecule has 4 nitrogen and oxygen atoms in total. The minimum atomic E-state index is 0.305. The van der Waals surface area contributed by atoms with Crippen LogP contribution in [0.1, 0.15) is 13.3 Å². The highest BCUT2D eigenvalue weighted by Gasteiger charge is 2.27. The molecule has 0 aliphatic carbocycles. The summed E-state index contributed by atoms with van der Waals surface area (Å²) >= 11 is 2.28. The summed E-state index contributed by atoms with van der Waals surface area (Å²) in [5, 5.41) is 0. The monoisotopic (exact) mass is 333 g/mol. The van der Waals surface area contributed by atoms with Gasteiger partial charge in [-0.1, -0.05) is 6.92 Å². The Hall–Kier alpha value is -0.430. The van der Waals surface area contributed by atoms with Gasteiger partial charge < -0.3 is 9.64 Å². The SMILES string of the molecule is COC1CN(c2ncncc2I)CCC1C. The lowest BCUT2D eigenvalue weighted by atomic mass is 9.96. The molecule has 0 saturated carbocycles. The standard InChI is InChI=1S/C11H16IN3O/c1-8-3-4-15(6-10(8)16-2)11-9(12)5-13-7-14-11/h5,7-8,10H,3-4,6H2,1-2H3. The molecule has 2 rings (SSSR count). The van der Waals surface area contributed by atoms with Gasteiger partial charge in [-0.05, 0) is 34.9 Å². The number of rotatable bonds is 2. The molecule has 1 aromatic rings. The highest BCUT2D eigenvalue weighted by atomic mass is 127. The maximum Gasteiger partial charge on any atom is 0.145 e. The number of nitrogens with zero attached hydrogens (tertiary/aromatic N) is 3. The van der Waals surface area contributed by atoms with E-state index in [4.69, 9.17) is 4.74 Å². The fourth-order valence-corrected chi connectivity index (χ4v) is 2.71. The Kier molecular flexibility index (Phi) is 3.96. The first-order valence-electron chi connectivity index (χ1n) is 5.45. The number of ether oxygens (including phenoxy) is 1. The Morgan fingerprint density at radius 3 is 3.06 bits per heavy atom. The van der Waals surface area contributed by atoms with Crippen molar-refractivity contribution in [1.29, 1.82) is 0 Å². The van der Waals surface area contributed by atoms with Gasteiger partial charge in [0.25, 0.3) is 0 Å². The zero-order valence-corrected chi connectivity index (χ0v) is 11.7. The van der Waals surface area contributed by atoms with Crippen LogP contribution in [-0.2, 0) is 4.74 Å². The molecule has 1 aliphatic rings. The van der Waals surface area contributed by atoms with Crippen molar-refractivity contribution in [2.24, 2.45) is 5.92 Å². The van der Waals surface area contributed by atoms with Gasteiger partial charge >= 0.3 is 0 Å². The van der Waals surface area contributed by atoms with E-state index in [1.807, 2.05) is 6.20 Å². The van der Waals surface area contributed by atoms with Crippen LogP contribution < -0.4 is 4.90 Å². The molecular formula is C11H16IN3O. The van der Waals surface area contributed by atoms with Gasteiger partial charge in [0.1, 0.15) is 12.1 Å². The van der Waals surface area contributed by atoms with Crippen molar-refractivity contribution in [2.75, 3.05) is 25.1 Å². The molecule has 1 saturated heterocycles. The summed E-state index contributed by atoms with van der Waals surface area (Å²) in [5.74, 6) is 1.66. The van der Waals surface area contributed by atoms with Gasteiger partial charge in [-0.2, -0.15) is 0 Å². The highest BCUT2D eigenvalue weighted by Crippen LogP contribution is 2.25. The first kappa shape index (κ1) is 12.0. The molecule has 0 radical (unpaired) electrons. The smallest absolute Gasteiger partial charge is 0.145 e. The number of anilines is 1. The molecule has 1 aliphatic heterocycles. The molecule has 16 heavy (non-hydrogen) atoms. The second-order valence-electron chi connectivity index (χ2n) is 4.18. The fraction of sp³-hybridized carbons (Fsp3) is 0.636. The van der Waals surface area contributed by atoms with Crippen LogP contribution in [0, 0.1) is 9.49 Å². The lowest BCUT2D eigenvalue weighted by Crippen LogP contribution is -2.44. The van der Waals surface area contributed by atoms with Gasteiger partial charge in [0.2, 0.25) is 0 Å². The van der Waals surface area contributed by atoms with Crippen LogP contribution in [0.2, 0.25) is 0 Å². The molecule has 2 heterocycles. The normalized spacial score (nSPS) is 25.8. The lowest BCUT2D eigenvalue weighted by Gasteiger charge is -2.37. The molecule has 0 N–H and O–H groups in total. The van der Waals surface area contributed by atoms with Crippen molar-refractivity contribution in [1.82, 2.24) is 9.97 Å². The van der Waals surface area contributed by atoms with E-state index in [0.717, 1.165) is 28.9 Å². The van der Waals surface area contributed by atoms with Crippen LogP contribution in [0.4, 0.5) is 5.82 Å². The zero-order chi connectivity index (χ0) is 11.5. The zero-order valence-electron chi connectivity index (χ0n) is 9.56. The van der Waals surface area contributed by atoms with Gasteiger partial charge in [0.05, 0.1) is 9.67 Å². The molecule has 1 fully saturated rings. The molecule has 2 atom stereocenters. The van der Waals surface area contributed by atoms with E-state index in [1.165, 1.54) is 0 Å². The topological polar surface area (TPSA) is 38.2 Å². The summed E-state index contributed by atoms with van der Waals surface area (Å²) in [4.78, 5) is 10.7. The quantitative estimate of drug-likeness (QED) is 0.776. The van der Waals surface area contributed by atoms with Crippen molar-refractivity contribution in [3.05, 3.63) is 16.1 Å².